The Balaban J connectivity index is 2.55. The lowest BCUT2D eigenvalue weighted by molar-refractivity contribution is 0.283. The summed E-state index contributed by atoms with van der Waals surface area (Å²) in [4.78, 5) is 0. The highest BCUT2D eigenvalue weighted by molar-refractivity contribution is 9.10. The standard InChI is InChI=1S/C15H11BrO/c16-15-13-7-2-1-4-10(13)8-11-5-3-6-12(9-17)14(11)15/h1-8,17H,9H2. The Morgan fingerprint density at radius 3 is 2.53 bits per heavy atom. The second-order valence-corrected chi connectivity index (χ2v) is 4.88. The summed E-state index contributed by atoms with van der Waals surface area (Å²) in [6, 6.07) is 16.4. The molecule has 0 bridgehead atoms. The van der Waals surface area contributed by atoms with Crippen molar-refractivity contribution >= 4 is 37.5 Å². The second-order valence-electron chi connectivity index (χ2n) is 4.09. The van der Waals surface area contributed by atoms with Gasteiger partial charge in [0.15, 0.2) is 0 Å². The molecule has 3 aromatic carbocycles. The van der Waals surface area contributed by atoms with E-state index in [4.69, 9.17) is 0 Å². The molecule has 0 aliphatic heterocycles. The molecule has 0 saturated heterocycles. The second kappa shape index (κ2) is 4.13. The molecule has 84 valence electrons. The van der Waals surface area contributed by atoms with Crippen molar-refractivity contribution in [2.75, 3.05) is 0 Å². The van der Waals surface area contributed by atoms with Crippen LogP contribution in [0.25, 0.3) is 21.5 Å². The fourth-order valence-corrected chi connectivity index (χ4v) is 3.11. The maximum Gasteiger partial charge on any atom is 0.0688 e. The molecule has 0 aromatic heterocycles. The van der Waals surface area contributed by atoms with E-state index in [0.717, 1.165) is 20.8 Å². The van der Waals surface area contributed by atoms with Crippen LogP contribution in [0.5, 0.6) is 0 Å². The Morgan fingerprint density at radius 2 is 1.71 bits per heavy atom. The van der Waals surface area contributed by atoms with Crippen LogP contribution in [0.4, 0.5) is 0 Å². The van der Waals surface area contributed by atoms with Gasteiger partial charge in [0.1, 0.15) is 0 Å². The number of hydrogen-bond donors (Lipinski definition) is 1. The average molecular weight is 287 g/mol. The molecule has 0 aliphatic rings. The molecule has 0 atom stereocenters. The zero-order valence-corrected chi connectivity index (χ0v) is 10.7. The SMILES string of the molecule is OCc1cccc2cc3ccccc3c(Br)c12. The van der Waals surface area contributed by atoms with Gasteiger partial charge in [-0.3, -0.25) is 0 Å². The van der Waals surface area contributed by atoms with Crippen molar-refractivity contribution < 1.29 is 5.11 Å². The van der Waals surface area contributed by atoms with Gasteiger partial charge in [-0.1, -0.05) is 42.5 Å². The highest BCUT2D eigenvalue weighted by Gasteiger charge is 2.08. The first-order chi connectivity index (χ1) is 8.31. The monoisotopic (exact) mass is 286 g/mol. The minimum atomic E-state index is 0.0638. The largest absolute Gasteiger partial charge is 0.392 e. The lowest BCUT2D eigenvalue weighted by Gasteiger charge is -2.09. The molecule has 1 nitrogen and oxygen atoms in total. The number of benzene rings is 3. The lowest BCUT2D eigenvalue weighted by Crippen LogP contribution is -1.88. The molecule has 0 aliphatic carbocycles. The van der Waals surface area contributed by atoms with Crippen molar-refractivity contribution in [2.24, 2.45) is 0 Å². The Morgan fingerprint density at radius 1 is 0.941 bits per heavy atom. The van der Waals surface area contributed by atoms with Crippen LogP contribution in [0.15, 0.2) is 53.0 Å². The summed E-state index contributed by atoms with van der Waals surface area (Å²) in [5.41, 5.74) is 0.958. The molecule has 0 fully saturated rings. The van der Waals surface area contributed by atoms with Gasteiger partial charge in [0.2, 0.25) is 0 Å². The topological polar surface area (TPSA) is 20.2 Å². The van der Waals surface area contributed by atoms with Gasteiger partial charge >= 0.3 is 0 Å². The van der Waals surface area contributed by atoms with Crippen molar-refractivity contribution in [3.05, 3.63) is 58.6 Å². The molecule has 17 heavy (non-hydrogen) atoms. The molecule has 0 amide bonds. The van der Waals surface area contributed by atoms with Crippen LogP contribution in [0.1, 0.15) is 5.56 Å². The van der Waals surface area contributed by atoms with E-state index in [1.807, 2.05) is 24.3 Å². The summed E-state index contributed by atoms with van der Waals surface area (Å²) in [5.74, 6) is 0. The Labute approximate surface area is 108 Å². The van der Waals surface area contributed by atoms with Gasteiger partial charge in [-0.2, -0.15) is 0 Å². The Kier molecular flexibility index (Phi) is 2.61. The number of halogens is 1. The van der Waals surface area contributed by atoms with Crippen LogP contribution in [0.3, 0.4) is 0 Å². The van der Waals surface area contributed by atoms with Crippen LogP contribution >= 0.6 is 15.9 Å². The first kappa shape index (κ1) is 10.8. The predicted molar refractivity (Wildman–Crippen MR) is 75.1 cm³/mol. The summed E-state index contributed by atoms with van der Waals surface area (Å²) < 4.78 is 1.07. The van der Waals surface area contributed by atoms with E-state index in [1.165, 1.54) is 10.8 Å². The molecular formula is C15H11BrO. The summed E-state index contributed by atoms with van der Waals surface area (Å²) in [6.45, 7) is 0.0638. The number of rotatable bonds is 1. The van der Waals surface area contributed by atoms with Gasteiger partial charge in [-0.15, -0.1) is 0 Å². The van der Waals surface area contributed by atoms with E-state index in [2.05, 4.69) is 40.2 Å². The molecule has 0 unspecified atom stereocenters. The molecule has 3 rings (SSSR count). The summed E-state index contributed by atoms with van der Waals surface area (Å²) in [7, 11) is 0. The van der Waals surface area contributed by atoms with Crippen molar-refractivity contribution in [1.29, 1.82) is 0 Å². The number of aliphatic hydroxyl groups is 1. The van der Waals surface area contributed by atoms with Gasteiger partial charge < -0.3 is 5.11 Å². The molecule has 0 radical (unpaired) electrons. The molecule has 1 N–H and O–H groups in total. The van der Waals surface area contributed by atoms with Crippen LogP contribution in [0, 0.1) is 0 Å². The first-order valence-corrected chi connectivity index (χ1v) is 6.30. The average Bonchev–Trinajstić information content (AvgIpc) is 2.38. The number of aliphatic hydroxyl groups excluding tert-OH is 1. The lowest BCUT2D eigenvalue weighted by atomic mass is 10.00. The normalized spacial score (nSPS) is 11.2. The minimum Gasteiger partial charge on any atom is -0.392 e. The third-order valence-electron chi connectivity index (χ3n) is 3.08. The van der Waals surface area contributed by atoms with Crippen molar-refractivity contribution in [3.63, 3.8) is 0 Å². The Bertz CT molecular complexity index is 704. The predicted octanol–water partition coefficient (Wildman–Crippen LogP) is 4.25. The van der Waals surface area contributed by atoms with Gasteiger partial charge in [0, 0.05) is 9.86 Å². The molecule has 0 spiro atoms. The summed E-state index contributed by atoms with van der Waals surface area (Å²) in [5, 5.41) is 14.1. The van der Waals surface area contributed by atoms with E-state index >= 15 is 0 Å². The van der Waals surface area contributed by atoms with Crippen molar-refractivity contribution in [2.45, 2.75) is 6.61 Å². The van der Waals surface area contributed by atoms with Crippen molar-refractivity contribution in [3.8, 4) is 0 Å². The van der Waals surface area contributed by atoms with E-state index in [0.29, 0.717) is 0 Å². The maximum absolute atomic E-state index is 9.41. The fourth-order valence-electron chi connectivity index (χ4n) is 2.26. The smallest absolute Gasteiger partial charge is 0.0688 e. The third kappa shape index (κ3) is 1.65. The number of fused-ring (bicyclic) bond motifs is 2. The highest BCUT2D eigenvalue weighted by atomic mass is 79.9. The molecular weight excluding hydrogens is 276 g/mol. The minimum absolute atomic E-state index is 0.0638. The van der Waals surface area contributed by atoms with E-state index in [9.17, 15) is 5.11 Å². The summed E-state index contributed by atoms with van der Waals surface area (Å²) in [6.07, 6.45) is 0. The zero-order valence-electron chi connectivity index (χ0n) is 9.15. The van der Waals surface area contributed by atoms with Gasteiger partial charge in [-0.25, -0.2) is 0 Å². The first-order valence-electron chi connectivity index (χ1n) is 5.51. The molecule has 2 heteroatoms. The van der Waals surface area contributed by atoms with E-state index in [1.54, 1.807) is 0 Å². The number of hydrogen-bond acceptors (Lipinski definition) is 1. The zero-order chi connectivity index (χ0) is 11.8. The third-order valence-corrected chi connectivity index (χ3v) is 3.90. The van der Waals surface area contributed by atoms with E-state index in [-0.39, 0.29) is 6.61 Å². The van der Waals surface area contributed by atoms with Gasteiger partial charge in [0.25, 0.3) is 0 Å². The highest BCUT2D eigenvalue weighted by Crippen LogP contribution is 2.34. The van der Waals surface area contributed by atoms with Gasteiger partial charge in [-0.05, 0) is 43.7 Å². The summed E-state index contributed by atoms with van der Waals surface area (Å²) >= 11 is 3.66. The molecule has 0 heterocycles. The van der Waals surface area contributed by atoms with Crippen LogP contribution < -0.4 is 0 Å². The molecule has 0 saturated carbocycles. The van der Waals surface area contributed by atoms with Crippen molar-refractivity contribution in [1.82, 2.24) is 0 Å². The van der Waals surface area contributed by atoms with E-state index < -0.39 is 0 Å². The molecule has 3 aromatic rings. The quantitative estimate of drug-likeness (QED) is 0.663. The van der Waals surface area contributed by atoms with Gasteiger partial charge in [0.05, 0.1) is 6.61 Å². The van der Waals surface area contributed by atoms with Crippen LogP contribution in [-0.4, -0.2) is 5.11 Å². The van der Waals surface area contributed by atoms with Crippen LogP contribution in [-0.2, 0) is 6.61 Å². The van der Waals surface area contributed by atoms with Crippen LogP contribution in [0.2, 0.25) is 0 Å². The maximum atomic E-state index is 9.41. The Hall–Kier alpha value is -1.38. The fraction of sp³-hybridized carbons (Fsp3) is 0.0667.